The highest BCUT2D eigenvalue weighted by atomic mass is 79.9. The number of sulfonamides is 1. The Hall–Kier alpha value is -1.32. The molecule has 0 amide bonds. The molecule has 2 aromatic rings. The highest BCUT2D eigenvalue weighted by molar-refractivity contribution is 9.10. The van der Waals surface area contributed by atoms with Crippen LogP contribution in [0, 0.1) is 0 Å². The summed E-state index contributed by atoms with van der Waals surface area (Å²) < 4.78 is 27.5. The molecule has 0 aliphatic carbocycles. The summed E-state index contributed by atoms with van der Waals surface area (Å²) in [7, 11) is -0.609. The van der Waals surface area contributed by atoms with Crippen LogP contribution in [0.1, 0.15) is 5.56 Å². The van der Waals surface area contributed by atoms with Crippen molar-refractivity contribution in [3.05, 3.63) is 34.7 Å². The normalized spacial score (nSPS) is 12.0. The van der Waals surface area contributed by atoms with Gasteiger partial charge in [0, 0.05) is 33.0 Å². The summed E-state index contributed by atoms with van der Waals surface area (Å²) in [5, 5.41) is 7.39. The van der Waals surface area contributed by atoms with Crippen molar-refractivity contribution < 1.29 is 8.42 Å². The van der Waals surface area contributed by atoms with Gasteiger partial charge >= 0.3 is 0 Å². The van der Waals surface area contributed by atoms with Gasteiger partial charge in [-0.2, -0.15) is 4.31 Å². The number of aryl methyl sites for hydroxylation is 1. The number of halogens is 1. The average molecular weight is 346 g/mol. The van der Waals surface area contributed by atoms with Crippen molar-refractivity contribution in [2.45, 2.75) is 11.6 Å². The lowest BCUT2D eigenvalue weighted by Crippen LogP contribution is -2.28. The Morgan fingerprint density at radius 3 is 2.53 bits per heavy atom. The fourth-order valence-electron chi connectivity index (χ4n) is 1.57. The fraction of sp³-hybridized carbons (Fsp3) is 0.300. The minimum Gasteiger partial charge on any atom is -0.265 e. The van der Waals surface area contributed by atoms with Crippen molar-refractivity contribution in [3.63, 3.8) is 0 Å². The molecule has 0 bridgehead atoms. The van der Waals surface area contributed by atoms with Gasteiger partial charge in [0.25, 0.3) is 10.0 Å². The van der Waals surface area contributed by atoms with Gasteiger partial charge in [-0.25, -0.2) is 13.1 Å². The van der Waals surface area contributed by atoms with Gasteiger partial charge in [-0.1, -0.05) is 5.21 Å². The molecular weight excluding hydrogens is 334 g/mol. The summed E-state index contributed by atoms with van der Waals surface area (Å²) in [5.41, 5.74) is 0.854. The molecule has 0 aliphatic heterocycles. The first-order valence-corrected chi connectivity index (χ1v) is 7.56. The summed E-state index contributed by atoms with van der Waals surface area (Å²) in [6.45, 7) is 0.252. The van der Waals surface area contributed by atoms with Gasteiger partial charge in [-0.3, -0.25) is 4.98 Å². The van der Waals surface area contributed by atoms with Gasteiger partial charge in [0.2, 0.25) is 5.03 Å². The molecule has 0 aliphatic rings. The lowest BCUT2D eigenvalue weighted by molar-refractivity contribution is 0.456. The first-order chi connectivity index (χ1) is 8.93. The maximum absolute atomic E-state index is 12.4. The summed E-state index contributed by atoms with van der Waals surface area (Å²) in [6, 6.07) is 3.53. The average Bonchev–Trinajstić information content (AvgIpc) is 2.70. The van der Waals surface area contributed by atoms with E-state index in [0.717, 1.165) is 5.56 Å². The molecule has 7 nitrogen and oxygen atoms in total. The van der Waals surface area contributed by atoms with Crippen molar-refractivity contribution in [2.24, 2.45) is 7.05 Å². The number of hydrogen-bond acceptors (Lipinski definition) is 5. The zero-order valence-electron chi connectivity index (χ0n) is 10.4. The molecular formula is C10H12BrN5O2S. The smallest absolute Gasteiger partial charge is 0.263 e. The molecule has 0 fully saturated rings. The van der Waals surface area contributed by atoms with E-state index in [0.29, 0.717) is 0 Å². The van der Waals surface area contributed by atoms with E-state index in [-0.39, 0.29) is 16.2 Å². The SMILES string of the molecule is CN(Cc1ccncc1)S(=O)(=O)c1c(Br)nnn1C. The van der Waals surface area contributed by atoms with Crippen LogP contribution in [0.3, 0.4) is 0 Å². The van der Waals surface area contributed by atoms with E-state index in [1.54, 1.807) is 24.5 Å². The topological polar surface area (TPSA) is 81.0 Å². The van der Waals surface area contributed by atoms with E-state index in [2.05, 4.69) is 31.2 Å². The van der Waals surface area contributed by atoms with Gasteiger partial charge in [-0.05, 0) is 33.6 Å². The number of hydrogen-bond donors (Lipinski definition) is 0. The van der Waals surface area contributed by atoms with E-state index >= 15 is 0 Å². The molecule has 9 heteroatoms. The highest BCUT2D eigenvalue weighted by Gasteiger charge is 2.28. The Labute approximate surface area is 119 Å². The Morgan fingerprint density at radius 1 is 1.37 bits per heavy atom. The molecule has 0 N–H and O–H groups in total. The first-order valence-electron chi connectivity index (χ1n) is 5.33. The van der Waals surface area contributed by atoms with Crippen molar-refractivity contribution in [3.8, 4) is 0 Å². The summed E-state index contributed by atoms with van der Waals surface area (Å²) >= 11 is 3.10. The van der Waals surface area contributed by atoms with Gasteiger partial charge in [0.15, 0.2) is 4.60 Å². The lowest BCUT2D eigenvalue weighted by Gasteiger charge is -2.16. The van der Waals surface area contributed by atoms with E-state index in [1.807, 2.05) is 0 Å². The largest absolute Gasteiger partial charge is 0.265 e. The molecule has 2 heterocycles. The molecule has 0 atom stereocenters. The summed E-state index contributed by atoms with van der Waals surface area (Å²) in [5.74, 6) is 0. The van der Waals surface area contributed by atoms with Gasteiger partial charge in [0.1, 0.15) is 0 Å². The molecule has 0 saturated carbocycles. The third-order valence-electron chi connectivity index (χ3n) is 2.55. The van der Waals surface area contributed by atoms with E-state index in [9.17, 15) is 8.42 Å². The standard InChI is InChI=1S/C10H12BrN5O2S/c1-15(7-8-3-5-12-6-4-8)19(17,18)10-9(11)13-14-16(10)2/h3-6H,7H2,1-2H3. The minimum atomic E-state index is -3.65. The molecule has 0 radical (unpaired) electrons. The van der Waals surface area contributed by atoms with Crippen LogP contribution in [-0.2, 0) is 23.6 Å². The van der Waals surface area contributed by atoms with E-state index in [1.165, 1.54) is 23.1 Å². The Kier molecular flexibility index (Phi) is 3.97. The van der Waals surface area contributed by atoms with Crippen LogP contribution in [0.2, 0.25) is 0 Å². The number of aromatic nitrogens is 4. The third-order valence-corrected chi connectivity index (χ3v) is 5.24. The number of rotatable bonds is 4. The summed E-state index contributed by atoms with van der Waals surface area (Å²) in [6.07, 6.45) is 3.24. The van der Waals surface area contributed by atoms with Crippen molar-refractivity contribution in [1.82, 2.24) is 24.3 Å². The highest BCUT2D eigenvalue weighted by Crippen LogP contribution is 2.22. The number of nitrogens with zero attached hydrogens (tertiary/aromatic N) is 5. The van der Waals surface area contributed by atoms with Crippen LogP contribution in [0.4, 0.5) is 0 Å². The van der Waals surface area contributed by atoms with Crippen LogP contribution in [0.5, 0.6) is 0 Å². The predicted octanol–water partition coefficient (Wildman–Crippen LogP) is 0.793. The molecule has 0 spiro atoms. The molecule has 2 rings (SSSR count). The van der Waals surface area contributed by atoms with Gasteiger partial charge < -0.3 is 0 Å². The van der Waals surface area contributed by atoms with Crippen molar-refractivity contribution in [2.75, 3.05) is 7.05 Å². The van der Waals surface area contributed by atoms with Crippen LogP contribution in [0.15, 0.2) is 34.2 Å². The maximum atomic E-state index is 12.4. The second-order valence-electron chi connectivity index (χ2n) is 3.93. The predicted molar refractivity (Wildman–Crippen MR) is 71.6 cm³/mol. The van der Waals surface area contributed by atoms with Crippen molar-refractivity contribution >= 4 is 26.0 Å². The van der Waals surface area contributed by atoms with Gasteiger partial charge in [0.05, 0.1) is 0 Å². The monoisotopic (exact) mass is 345 g/mol. The zero-order chi connectivity index (χ0) is 14.0. The third kappa shape index (κ3) is 2.82. The van der Waals surface area contributed by atoms with Crippen LogP contribution < -0.4 is 0 Å². The van der Waals surface area contributed by atoms with Crippen LogP contribution >= 0.6 is 15.9 Å². The molecule has 0 unspecified atom stereocenters. The first kappa shape index (κ1) is 14.1. The van der Waals surface area contributed by atoms with Gasteiger partial charge in [-0.15, -0.1) is 5.10 Å². The zero-order valence-corrected chi connectivity index (χ0v) is 12.8. The Bertz CT molecular complexity index is 651. The second kappa shape index (κ2) is 5.35. The number of pyridine rings is 1. The Morgan fingerprint density at radius 2 is 2.00 bits per heavy atom. The second-order valence-corrected chi connectivity index (χ2v) is 6.64. The maximum Gasteiger partial charge on any atom is 0.263 e. The molecule has 0 saturated heterocycles. The van der Waals surface area contributed by atoms with Crippen LogP contribution in [-0.4, -0.2) is 39.7 Å². The lowest BCUT2D eigenvalue weighted by atomic mass is 10.3. The quantitative estimate of drug-likeness (QED) is 0.818. The molecule has 2 aromatic heterocycles. The van der Waals surface area contributed by atoms with Crippen LogP contribution in [0.25, 0.3) is 0 Å². The van der Waals surface area contributed by atoms with E-state index < -0.39 is 10.0 Å². The Balaban J connectivity index is 2.30. The van der Waals surface area contributed by atoms with E-state index in [4.69, 9.17) is 0 Å². The minimum absolute atomic E-state index is 0.0315. The molecule has 102 valence electrons. The fourth-order valence-corrected chi connectivity index (χ4v) is 3.75. The van der Waals surface area contributed by atoms with Crippen molar-refractivity contribution in [1.29, 1.82) is 0 Å². The molecule has 19 heavy (non-hydrogen) atoms. The molecule has 0 aromatic carbocycles. The summed E-state index contributed by atoms with van der Waals surface area (Å²) in [4.78, 5) is 3.89.